The summed E-state index contributed by atoms with van der Waals surface area (Å²) in [6.07, 6.45) is 60.8. The van der Waals surface area contributed by atoms with E-state index < -0.39 is 26.6 Å². The van der Waals surface area contributed by atoms with Gasteiger partial charge < -0.3 is 28.8 Å². The van der Waals surface area contributed by atoms with E-state index in [-0.39, 0.29) is 12.5 Å². The van der Waals surface area contributed by atoms with Crippen LogP contribution < -0.4 is 10.2 Å². The summed E-state index contributed by atoms with van der Waals surface area (Å²) in [5.41, 5.74) is 0. The third-order valence-corrected chi connectivity index (χ3v) is 13.5. The molecule has 384 valence electrons. The van der Waals surface area contributed by atoms with Gasteiger partial charge in [0.05, 0.1) is 39.9 Å². The van der Waals surface area contributed by atoms with Gasteiger partial charge in [0, 0.05) is 6.42 Å². The Morgan fingerprint density at radius 1 is 0.523 bits per heavy atom. The van der Waals surface area contributed by atoms with Crippen LogP contribution >= 0.6 is 7.82 Å². The summed E-state index contributed by atoms with van der Waals surface area (Å²) in [6.45, 7) is 4.65. The average molecular weight is 937 g/mol. The van der Waals surface area contributed by atoms with E-state index in [4.69, 9.17) is 9.05 Å². The summed E-state index contributed by atoms with van der Waals surface area (Å²) in [4.78, 5) is 25.4. The molecule has 0 heterocycles. The van der Waals surface area contributed by atoms with Crippen LogP contribution in [-0.2, 0) is 18.4 Å². The van der Waals surface area contributed by atoms with Gasteiger partial charge in [-0.05, 0) is 44.9 Å². The Morgan fingerprint density at radius 3 is 1.25 bits per heavy atom. The van der Waals surface area contributed by atoms with Crippen molar-refractivity contribution < 1.29 is 32.9 Å². The van der Waals surface area contributed by atoms with Crippen LogP contribution in [0.15, 0.2) is 36.5 Å². The van der Waals surface area contributed by atoms with Gasteiger partial charge in [-0.1, -0.05) is 249 Å². The number of allylic oxidation sites excluding steroid dienone is 5. The molecule has 0 fully saturated rings. The van der Waals surface area contributed by atoms with E-state index in [0.29, 0.717) is 17.4 Å². The molecule has 65 heavy (non-hydrogen) atoms. The Bertz CT molecular complexity index is 1150. The van der Waals surface area contributed by atoms with Gasteiger partial charge in [0.15, 0.2) is 0 Å². The van der Waals surface area contributed by atoms with Crippen molar-refractivity contribution in [3.8, 4) is 0 Å². The number of amides is 1. The number of unbranched alkanes of at least 4 members (excludes halogenated alkanes) is 34. The Kier molecular flexibility index (Phi) is 46.8. The van der Waals surface area contributed by atoms with Crippen LogP contribution in [0, 0.1) is 0 Å². The minimum absolute atomic E-state index is 0.00751. The highest BCUT2D eigenvalue weighted by atomic mass is 31.2. The summed E-state index contributed by atoms with van der Waals surface area (Å²) in [6, 6.07) is -0.907. The lowest BCUT2D eigenvalue weighted by Gasteiger charge is -2.29. The first-order chi connectivity index (χ1) is 31.5. The summed E-state index contributed by atoms with van der Waals surface area (Å²) in [5.74, 6) is -0.208. The fourth-order valence-electron chi connectivity index (χ4n) is 8.19. The molecule has 0 aliphatic heterocycles. The zero-order valence-corrected chi connectivity index (χ0v) is 44.6. The second kappa shape index (κ2) is 47.8. The minimum Gasteiger partial charge on any atom is -0.756 e. The van der Waals surface area contributed by atoms with Gasteiger partial charge in [0.1, 0.15) is 13.2 Å². The minimum atomic E-state index is -4.60. The standard InChI is InChI=1S/C56H109N2O6P/c1-6-8-10-12-14-16-18-20-22-24-25-26-27-28-29-30-31-32-33-34-35-37-39-41-43-45-47-49-55(59)54(53-64-65(61,62)63-52-51-58(3,4)5)57-56(60)50-48-46-44-42-40-38-36-23-21-19-17-15-13-11-9-7-2/h33-34,39,41,47,49,54-55,59H,6-32,35-38,40,42-46,48,50-53H2,1-5H3,(H-,57,60,61,62)/b34-33+,41-39+,49-47+. The molecule has 0 rings (SSSR count). The number of likely N-dealkylation sites (N-methyl/N-ethyl adjacent to an activating group) is 1. The number of phosphoric acid groups is 1. The molecular weight excluding hydrogens is 828 g/mol. The lowest BCUT2D eigenvalue weighted by molar-refractivity contribution is -0.870. The number of quaternary nitrogens is 1. The topological polar surface area (TPSA) is 108 Å². The molecule has 0 aliphatic rings. The quantitative estimate of drug-likeness (QED) is 0.0272. The highest BCUT2D eigenvalue weighted by molar-refractivity contribution is 7.45. The van der Waals surface area contributed by atoms with Crippen LogP contribution in [0.25, 0.3) is 0 Å². The molecule has 0 aromatic heterocycles. The van der Waals surface area contributed by atoms with E-state index in [2.05, 4.69) is 43.5 Å². The molecule has 3 atom stereocenters. The van der Waals surface area contributed by atoms with Gasteiger partial charge in [-0.3, -0.25) is 9.36 Å². The van der Waals surface area contributed by atoms with Crippen molar-refractivity contribution in [2.45, 2.75) is 276 Å². The Hall–Kier alpha value is -1.28. The fourth-order valence-corrected chi connectivity index (χ4v) is 8.91. The Morgan fingerprint density at radius 2 is 0.862 bits per heavy atom. The molecule has 0 saturated carbocycles. The molecule has 0 saturated heterocycles. The highest BCUT2D eigenvalue weighted by Gasteiger charge is 2.23. The molecule has 0 radical (unpaired) electrons. The molecule has 0 aliphatic carbocycles. The van der Waals surface area contributed by atoms with Crippen molar-refractivity contribution in [1.29, 1.82) is 0 Å². The predicted octanol–water partition coefficient (Wildman–Crippen LogP) is 16.0. The molecular formula is C56H109N2O6P. The lowest BCUT2D eigenvalue weighted by atomic mass is 10.0. The molecule has 0 aromatic carbocycles. The summed E-state index contributed by atoms with van der Waals surface area (Å²) >= 11 is 0. The fraction of sp³-hybridized carbons (Fsp3) is 0.875. The SMILES string of the molecule is CCCCCCCCCCCCCCCCCCC/C=C/CC/C=C/CC/C=C/C(O)C(COP(=O)([O-])OCC[N+](C)(C)C)NC(=O)CCCCCCCCCCCCCCCCCC. The van der Waals surface area contributed by atoms with Crippen molar-refractivity contribution in [3.05, 3.63) is 36.5 Å². The molecule has 0 bridgehead atoms. The summed E-state index contributed by atoms with van der Waals surface area (Å²) in [5, 5.41) is 13.8. The second-order valence-corrected chi connectivity index (χ2v) is 21.7. The van der Waals surface area contributed by atoms with Crippen LogP contribution in [0.1, 0.15) is 264 Å². The van der Waals surface area contributed by atoms with E-state index in [1.165, 1.54) is 199 Å². The van der Waals surface area contributed by atoms with Gasteiger partial charge in [0.2, 0.25) is 5.91 Å². The maximum atomic E-state index is 12.9. The van der Waals surface area contributed by atoms with Crippen LogP contribution in [-0.4, -0.2) is 68.5 Å². The average Bonchev–Trinajstić information content (AvgIpc) is 3.26. The first-order valence-corrected chi connectivity index (χ1v) is 29.3. The molecule has 8 nitrogen and oxygen atoms in total. The van der Waals surface area contributed by atoms with E-state index in [1.54, 1.807) is 6.08 Å². The second-order valence-electron chi connectivity index (χ2n) is 20.3. The summed E-state index contributed by atoms with van der Waals surface area (Å²) < 4.78 is 23.3. The van der Waals surface area contributed by atoms with Gasteiger partial charge in [-0.2, -0.15) is 0 Å². The van der Waals surface area contributed by atoms with Crippen LogP contribution in [0.2, 0.25) is 0 Å². The van der Waals surface area contributed by atoms with Gasteiger partial charge in [-0.25, -0.2) is 0 Å². The zero-order chi connectivity index (χ0) is 47.8. The third kappa shape index (κ3) is 50.4. The third-order valence-electron chi connectivity index (χ3n) is 12.6. The normalized spacial score (nSPS) is 14.3. The maximum Gasteiger partial charge on any atom is 0.268 e. The molecule has 1 amide bonds. The first kappa shape index (κ1) is 63.7. The smallest absolute Gasteiger partial charge is 0.268 e. The number of aliphatic hydroxyl groups excluding tert-OH is 1. The number of carbonyl (C=O) groups is 1. The number of carbonyl (C=O) groups excluding carboxylic acids is 1. The predicted molar refractivity (Wildman–Crippen MR) is 279 cm³/mol. The van der Waals surface area contributed by atoms with E-state index in [0.717, 1.165) is 44.9 Å². The number of hydrogen-bond acceptors (Lipinski definition) is 6. The largest absolute Gasteiger partial charge is 0.756 e. The highest BCUT2D eigenvalue weighted by Crippen LogP contribution is 2.38. The Balaban J connectivity index is 4.27. The zero-order valence-electron chi connectivity index (χ0n) is 43.7. The van der Waals surface area contributed by atoms with Crippen molar-refractivity contribution in [2.75, 3.05) is 40.9 Å². The first-order valence-electron chi connectivity index (χ1n) is 27.9. The summed E-state index contributed by atoms with van der Waals surface area (Å²) in [7, 11) is 1.24. The molecule has 0 aromatic rings. The van der Waals surface area contributed by atoms with Gasteiger partial charge in [0.25, 0.3) is 7.82 Å². The van der Waals surface area contributed by atoms with Crippen LogP contribution in [0.4, 0.5) is 0 Å². The van der Waals surface area contributed by atoms with E-state index in [9.17, 15) is 19.4 Å². The molecule has 3 unspecified atom stereocenters. The van der Waals surface area contributed by atoms with Crippen molar-refractivity contribution in [1.82, 2.24) is 5.32 Å². The number of phosphoric ester groups is 1. The van der Waals surface area contributed by atoms with Crippen LogP contribution in [0.5, 0.6) is 0 Å². The maximum absolute atomic E-state index is 12.9. The number of nitrogens with zero attached hydrogens (tertiary/aromatic N) is 1. The lowest BCUT2D eigenvalue weighted by Crippen LogP contribution is -2.45. The van der Waals surface area contributed by atoms with Gasteiger partial charge in [-0.15, -0.1) is 0 Å². The molecule has 0 spiro atoms. The van der Waals surface area contributed by atoms with E-state index >= 15 is 0 Å². The van der Waals surface area contributed by atoms with Crippen molar-refractivity contribution in [2.24, 2.45) is 0 Å². The van der Waals surface area contributed by atoms with Gasteiger partial charge >= 0.3 is 0 Å². The number of hydrogen-bond donors (Lipinski definition) is 2. The number of nitrogens with one attached hydrogen (secondary N) is 1. The van der Waals surface area contributed by atoms with E-state index in [1.807, 2.05) is 27.2 Å². The molecule has 9 heteroatoms. The monoisotopic (exact) mass is 937 g/mol. The van der Waals surface area contributed by atoms with Crippen LogP contribution in [0.3, 0.4) is 0 Å². The number of rotatable bonds is 51. The van der Waals surface area contributed by atoms with Crippen molar-refractivity contribution in [3.63, 3.8) is 0 Å². The molecule has 2 N–H and O–H groups in total. The number of aliphatic hydroxyl groups is 1. The Labute approximate surface area is 404 Å². The van der Waals surface area contributed by atoms with Crippen molar-refractivity contribution >= 4 is 13.7 Å².